The fraction of sp³-hybridized carbons (Fsp3) is 0.182. The van der Waals surface area contributed by atoms with Gasteiger partial charge in [-0.2, -0.15) is 0 Å². The number of halogens is 1. The van der Waals surface area contributed by atoms with E-state index in [1.807, 2.05) is 37.5 Å². The fourth-order valence-electron chi connectivity index (χ4n) is 1.31. The molecule has 1 aromatic carbocycles. The van der Waals surface area contributed by atoms with Crippen molar-refractivity contribution in [3.05, 3.63) is 45.9 Å². The molecule has 0 saturated heterocycles. The molecular formula is C11H11ClN2S. The molecule has 2 nitrogen and oxygen atoms in total. The van der Waals surface area contributed by atoms with Crippen molar-refractivity contribution in [1.82, 2.24) is 4.98 Å². The van der Waals surface area contributed by atoms with Crippen LogP contribution < -0.4 is 5.32 Å². The van der Waals surface area contributed by atoms with Crippen LogP contribution in [0.25, 0.3) is 0 Å². The molecule has 0 fully saturated rings. The Morgan fingerprint density at radius 1 is 1.33 bits per heavy atom. The summed E-state index contributed by atoms with van der Waals surface area (Å²) >= 11 is 7.50. The van der Waals surface area contributed by atoms with Crippen molar-refractivity contribution in [3.8, 4) is 0 Å². The predicted molar refractivity (Wildman–Crippen MR) is 65.9 cm³/mol. The highest BCUT2D eigenvalue weighted by Gasteiger charge is 2.01. The molecule has 0 bridgehead atoms. The molecule has 1 aromatic heterocycles. The van der Waals surface area contributed by atoms with Crippen LogP contribution in [0, 0.1) is 0 Å². The maximum atomic E-state index is 5.82. The van der Waals surface area contributed by atoms with Gasteiger partial charge in [0, 0.05) is 29.6 Å². The van der Waals surface area contributed by atoms with Gasteiger partial charge in [0.15, 0.2) is 5.13 Å². The Balaban J connectivity index is 2.11. The van der Waals surface area contributed by atoms with Crippen LogP contribution in [0.1, 0.15) is 10.4 Å². The van der Waals surface area contributed by atoms with Gasteiger partial charge in [-0.3, -0.25) is 0 Å². The Labute approximate surface area is 97.9 Å². The number of aromatic nitrogens is 1. The summed E-state index contributed by atoms with van der Waals surface area (Å²) < 4.78 is 0. The van der Waals surface area contributed by atoms with E-state index in [-0.39, 0.29) is 0 Å². The number of rotatable bonds is 3. The predicted octanol–water partition coefficient (Wildman–Crippen LogP) is 3.43. The third kappa shape index (κ3) is 2.70. The van der Waals surface area contributed by atoms with Gasteiger partial charge >= 0.3 is 0 Å². The SMILES string of the molecule is CNc1ncc(Cc2ccc(Cl)cc2)s1. The van der Waals surface area contributed by atoms with Crippen LogP contribution in [0.3, 0.4) is 0 Å². The van der Waals surface area contributed by atoms with Crippen molar-refractivity contribution in [2.75, 3.05) is 12.4 Å². The summed E-state index contributed by atoms with van der Waals surface area (Å²) in [6.45, 7) is 0. The second kappa shape index (κ2) is 4.64. The van der Waals surface area contributed by atoms with Gasteiger partial charge < -0.3 is 5.32 Å². The molecule has 2 aromatic rings. The lowest BCUT2D eigenvalue weighted by Gasteiger charge is -1.97. The third-order valence-corrected chi connectivity index (χ3v) is 3.33. The largest absolute Gasteiger partial charge is 0.365 e. The second-order valence-electron chi connectivity index (χ2n) is 3.18. The molecule has 0 saturated carbocycles. The van der Waals surface area contributed by atoms with Gasteiger partial charge in [-0.15, -0.1) is 11.3 Å². The van der Waals surface area contributed by atoms with Gasteiger partial charge in [0.2, 0.25) is 0 Å². The number of nitrogens with zero attached hydrogens (tertiary/aromatic N) is 1. The monoisotopic (exact) mass is 238 g/mol. The van der Waals surface area contributed by atoms with Crippen molar-refractivity contribution in [2.45, 2.75) is 6.42 Å². The standard InChI is InChI=1S/C11H11ClN2S/c1-13-11-14-7-10(15-11)6-8-2-4-9(12)5-3-8/h2-5,7H,6H2,1H3,(H,13,14). The van der Waals surface area contributed by atoms with Gasteiger partial charge in [0.1, 0.15) is 0 Å². The molecule has 0 unspecified atom stereocenters. The van der Waals surface area contributed by atoms with E-state index in [9.17, 15) is 0 Å². The summed E-state index contributed by atoms with van der Waals surface area (Å²) in [7, 11) is 1.88. The smallest absolute Gasteiger partial charge is 0.182 e. The third-order valence-electron chi connectivity index (χ3n) is 2.06. The average Bonchev–Trinajstić information content (AvgIpc) is 2.69. The molecule has 78 valence electrons. The minimum absolute atomic E-state index is 0.777. The highest BCUT2D eigenvalue weighted by Crippen LogP contribution is 2.21. The molecule has 0 atom stereocenters. The molecule has 0 spiro atoms. The first kappa shape index (κ1) is 10.5. The molecule has 1 N–H and O–H groups in total. The molecular weight excluding hydrogens is 228 g/mol. The first-order valence-corrected chi connectivity index (χ1v) is 5.84. The summed E-state index contributed by atoms with van der Waals surface area (Å²) in [6, 6.07) is 7.91. The number of hydrogen-bond donors (Lipinski definition) is 1. The van der Waals surface area contributed by atoms with Crippen LogP contribution in [0.4, 0.5) is 5.13 Å². The molecule has 4 heteroatoms. The van der Waals surface area contributed by atoms with Crippen molar-refractivity contribution < 1.29 is 0 Å². The summed E-state index contributed by atoms with van der Waals surface area (Å²) in [5, 5.41) is 4.76. The van der Waals surface area contributed by atoms with E-state index in [0.717, 1.165) is 16.6 Å². The zero-order chi connectivity index (χ0) is 10.7. The van der Waals surface area contributed by atoms with Crippen molar-refractivity contribution in [1.29, 1.82) is 0 Å². The zero-order valence-electron chi connectivity index (χ0n) is 8.33. The summed E-state index contributed by atoms with van der Waals surface area (Å²) in [6.07, 6.45) is 2.82. The Hall–Kier alpha value is -1.06. The maximum absolute atomic E-state index is 5.82. The van der Waals surface area contributed by atoms with Crippen LogP contribution in [-0.4, -0.2) is 12.0 Å². The van der Waals surface area contributed by atoms with Crippen LogP contribution in [0.15, 0.2) is 30.5 Å². The Morgan fingerprint density at radius 2 is 2.07 bits per heavy atom. The highest BCUT2D eigenvalue weighted by molar-refractivity contribution is 7.15. The number of hydrogen-bond acceptors (Lipinski definition) is 3. The van der Waals surface area contributed by atoms with Gasteiger partial charge in [-0.1, -0.05) is 23.7 Å². The van der Waals surface area contributed by atoms with Crippen LogP contribution in [0.5, 0.6) is 0 Å². The van der Waals surface area contributed by atoms with Crippen LogP contribution in [0.2, 0.25) is 5.02 Å². The Morgan fingerprint density at radius 3 is 2.67 bits per heavy atom. The molecule has 0 amide bonds. The number of nitrogens with one attached hydrogen (secondary N) is 1. The van der Waals surface area contributed by atoms with Crippen molar-refractivity contribution in [2.24, 2.45) is 0 Å². The van der Waals surface area contributed by atoms with E-state index in [0.29, 0.717) is 0 Å². The minimum atomic E-state index is 0.777. The lowest BCUT2D eigenvalue weighted by Crippen LogP contribution is -1.83. The van der Waals surface area contributed by atoms with Crippen LogP contribution >= 0.6 is 22.9 Å². The highest BCUT2D eigenvalue weighted by atomic mass is 35.5. The van der Waals surface area contributed by atoms with Gasteiger partial charge in [-0.05, 0) is 17.7 Å². The fourth-order valence-corrected chi connectivity index (χ4v) is 2.23. The van der Waals surface area contributed by atoms with Gasteiger partial charge in [0.25, 0.3) is 0 Å². The topological polar surface area (TPSA) is 24.9 Å². The number of thiazole rings is 1. The number of benzene rings is 1. The Bertz CT molecular complexity index is 436. The van der Waals surface area contributed by atoms with Gasteiger partial charge in [-0.25, -0.2) is 4.98 Å². The van der Waals surface area contributed by atoms with E-state index in [2.05, 4.69) is 10.3 Å². The summed E-state index contributed by atoms with van der Waals surface area (Å²) in [4.78, 5) is 5.48. The van der Waals surface area contributed by atoms with Crippen molar-refractivity contribution >= 4 is 28.1 Å². The number of anilines is 1. The molecule has 2 rings (SSSR count). The lowest BCUT2D eigenvalue weighted by atomic mass is 10.1. The van der Waals surface area contributed by atoms with E-state index < -0.39 is 0 Å². The second-order valence-corrected chi connectivity index (χ2v) is 4.74. The Kier molecular flexibility index (Phi) is 3.23. The molecule has 1 heterocycles. The lowest BCUT2D eigenvalue weighted by molar-refractivity contribution is 1.22. The zero-order valence-corrected chi connectivity index (χ0v) is 9.90. The van der Waals surface area contributed by atoms with Crippen molar-refractivity contribution in [3.63, 3.8) is 0 Å². The first-order chi connectivity index (χ1) is 7.28. The van der Waals surface area contributed by atoms with E-state index in [1.165, 1.54) is 10.4 Å². The summed E-state index contributed by atoms with van der Waals surface area (Å²) in [5.41, 5.74) is 1.26. The maximum Gasteiger partial charge on any atom is 0.182 e. The average molecular weight is 239 g/mol. The van der Waals surface area contributed by atoms with Gasteiger partial charge in [0.05, 0.1) is 0 Å². The van der Waals surface area contributed by atoms with E-state index in [4.69, 9.17) is 11.6 Å². The molecule has 0 aliphatic carbocycles. The quantitative estimate of drug-likeness (QED) is 0.886. The minimum Gasteiger partial charge on any atom is -0.365 e. The van der Waals surface area contributed by atoms with E-state index in [1.54, 1.807) is 11.3 Å². The van der Waals surface area contributed by atoms with E-state index >= 15 is 0 Å². The normalized spacial score (nSPS) is 10.3. The molecule has 0 aliphatic heterocycles. The first-order valence-electron chi connectivity index (χ1n) is 4.65. The molecule has 0 aliphatic rings. The summed E-state index contributed by atoms with van der Waals surface area (Å²) in [5.74, 6) is 0. The molecule has 0 radical (unpaired) electrons. The molecule has 15 heavy (non-hydrogen) atoms. The van der Waals surface area contributed by atoms with Crippen LogP contribution in [-0.2, 0) is 6.42 Å².